The zero-order valence-electron chi connectivity index (χ0n) is 11.4. The number of pyridine rings is 1. The van der Waals surface area contributed by atoms with Crippen molar-refractivity contribution in [2.24, 2.45) is 0 Å². The van der Waals surface area contributed by atoms with Crippen LogP contribution in [0.2, 0.25) is 0 Å². The number of aromatic nitrogens is 3. The molecule has 0 radical (unpaired) electrons. The Hall–Kier alpha value is -2.78. The van der Waals surface area contributed by atoms with E-state index < -0.39 is 0 Å². The van der Waals surface area contributed by atoms with Crippen molar-refractivity contribution in [3.8, 4) is 6.07 Å². The summed E-state index contributed by atoms with van der Waals surface area (Å²) in [5.41, 5.74) is 3.21. The van der Waals surface area contributed by atoms with E-state index in [2.05, 4.69) is 37.0 Å². The maximum absolute atomic E-state index is 8.93. The Morgan fingerprint density at radius 2 is 1.55 bits per heavy atom. The molecule has 6 heteroatoms. The molecule has 0 saturated carbocycles. The van der Waals surface area contributed by atoms with E-state index in [1.807, 2.05) is 29.2 Å². The minimum Gasteiger partial charge on any atom is -0.306 e. The molecule has 0 amide bonds. The predicted octanol–water partition coefficient (Wildman–Crippen LogP) is 3.98. The van der Waals surface area contributed by atoms with Crippen LogP contribution in [0.15, 0.2) is 65.9 Å². The van der Waals surface area contributed by atoms with Crippen molar-refractivity contribution in [1.82, 2.24) is 15.0 Å². The Morgan fingerprint density at radius 3 is 2.14 bits per heavy atom. The molecule has 22 heavy (non-hydrogen) atoms. The predicted molar refractivity (Wildman–Crippen MR) is 86.9 cm³/mol. The van der Waals surface area contributed by atoms with Crippen LogP contribution in [0.25, 0.3) is 0 Å². The number of hydrogen-bond acceptors (Lipinski definition) is 5. The van der Waals surface area contributed by atoms with Gasteiger partial charge in [0.15, 0.2) is 0 Å². The first-order valence-corrected chi connectivity index (χ1v) is 7.24. The highest BCUT2D eigenvalue weighted by molar-refractivity contribution is 9.10. The van der Waals surface area contributed by atoms with Crippen LogP contribution in [-0.2, 0) is 0 Å². The summed E-state index contributed by atoms with van der Waals surface area (Å²) in [5, 5.41) is 8.93. The number of rotatable bonds is 3. The molecular weight excluding hydrogens is 342 g/mol. The highest BCUT2D eigenvalue weighted by Crippen LogP contribution is 2.33. The van der Waals surface area contributed by atoms with E-state index in [4.69, 9.17) is 5.26 Å². The number of benzene rings is 1. The number of hydrogen-bond donors (Lipinski definition) is 0. The summed E-state index contributed by atoms with van der Waals surface area (Å²) in [4.78, 5) is 14.4. The molecule has 0 unspecified atom stereocenters. The summed E-state index contributed by atoms with van der Waals surface area (Å²) in [6, 6.07) is 13.3. The highest BCUT2D eigenvalue weighted by atomic mass is 79.9. The van der Waals surface area contributed by atoms with Crippen molar-refractivity contribution in [3.63, 3.8) is 0 Å². The van der Waals surface area contributed by atoms with Gasteiger partial charge in [-0.15, -0.1) is 0 Å². The number of nitriles is 1. The quantitative estimate of drug-likeness (QED) is 0.667. The van der Waals surface area contributed by atoms with Crippen molar-refractivity contribution in [2.75, 3.05) is 4.90 Å². The van der Waals surface area contributed by atoms with Crippen molar-refractivity contribution >= 4 is 33.0 Å². The third-order valence-corrected chi connectivity index (χ3v) is 3.50. The van der Waals surface area contributed by atoms with Crippen LogP contribution in [0.5, 0.6) is 0 Å². The van der Waals surface area contributed by atoms with E-state index in [0.717, 1.165) is 21.7 Å². The summed E-state index contributed by atoms with van der Waals surface area (Å²) in [6.07, 6.45) is 6.70. The lowest BCUT2D eigenvalue weighted by molar-refractivity contribution is 1.12. The van der Waals surface area contributed by atoms with Crippen molar-refractivity contribution in [2.45, 2.75) is 0 Å². The monoisotopic (exact) mass is 351 g/mol. The molecule has 106 valence electrons. The Morgan fingerprint density at radius 1 is 0.864 bits per heavy atom. The largest absolute Gasteiger partial charge is 0.306 e. The fraction of sp³-hybridized carbons (Fsp3) is 0. The Labute approximate surface area is 136 Å². The molecule has 0 aliphatic carbocycles. The van der Waals surface area contributed by atoms with Gasteiger partial charge in [0.1, 0.15) is 10.9 Å². The third-order valence-electron chi connectivity index (χ3n) is 3.03. The first kappa shape index (κ1) is 14.2. The minimum absolute atomic E-state index is 0.613. The van der Waals surface area contributed by atoms with E-state index >= 15 is 0 Å². The van der Waals surface area contributed by atoms with E-state index in [9.17, 15) is 0 Å². The van der Waals surface area contributed by atoms with Gasteiger partial charge in [-0.05, 0) is 52.3 Å². The molecule has 1 aromatic carbocycles. The second kappa shape index (κ2) is 6.33. The summed E-state index contributed by atoms with van der Waals surface area (Å²) >= 11 is 3.34. The highest BCUT2D eigenvalue weighted by Gasteiger charge is 2.13. The number of nitrogens with zero attached hydrogens (tertiary/aromatic N) is 5. The summed E-state index contributed by atoms with van der Waals surface area (Å²) < 4.78 is 0.764. The molecule has 0 aliphatic heterocycles. The maximum atomic E-state index is 8.93. The molecule has 0 N–H and O–H groups in total. The average molecular weight is 352 g/mol. The molecule has 3 aromatic rings. The molecule has 0 atom stereocenters. The van der Waals surface area contributed by atoms with Gasteiger partial charge in [-0.1, -0.05) is 0 Å². The fourth-order valence-electron chi connectivity index (χ4n) is 2.04. The van der Waals surface area contributed by atoms with Crippen LogP contribution in [0.4, 0.5) is 17.1 Å². The third kappa shape index (κ3) is 2.95. The van der Waals surface area contributed by atoms with Crippen LogP contribution >= 0.6 is 15.9 Å². The van der Waals surface area contributed by atoms with Gasteiger partial charge in [-0.3, -0.25) is 0 Å². The summed E-state index contributed by atoms with van der Waals surface area (Å²) in [5.74, 6) is 0. The van der Waals surface area contributed by atoms with Gasteiger partial charge in [0.25, 0.3) is 0 Å². The smallest absolute Gasteiger partial charge is 0.115 e. The van der Waals surface area contributed by atoms with Crippen molar-refractivity contribution in [3.05, 3.63) is 71.5 Å². The lowest BCUT2D eigenvalue weighted by Crippen LogP contribution is -2.10. The van der Waals surface area contributed by atoms with Gasteiger partial charge in [-0.25, -0.2) is 15.0 Å². The van der Waals surface area contributed by atoms with Gasteiger partial charge >= 0.3 is 0 Å². The SMILES string of the molecule is N#Cc1ccc(N(c2cncnc2)c2ccc(Br)nc2)cc1. The molecular formula is C16H10BrN5. The molecule has 0 saturated heterocycles. The van der Waals surface area contributed by atoms with Gasteiger partial charge in [0.2, 0.25) is 0 Å². The molecule has 0 bridgehead atoms. The van der Waals surface area contributed by atoms with Crippen molar-refractivity contribution < 1.29 is 0 Å². The molecule has 2 heterocycles. The molecule has 0 fully saturated rings. The first-order valence-electron chi connectivity index (χ1n) is 6.45. The van der Waals surface area contributed by atoms with Crippen LogP contribution in [-0.4, -0.2) is 15.0 Å². The Bertz CT molecular complexity index is 795. The zero-order chi connectivity index (χ0) is 15.4. The average Bonchev–Trinajstić information content (AvgIpc) is 2.58. The molecule has 0 spiro atoms. The normalized spacial score (nSPS) is 10.0. The lowest BCUT2D eigenvalue weighted by atomic mass is 10.2. The van der Waals surface area contributed by atoms with Gasteiger partial charge in [0, 0.05) is 5.69 Å². The van der Waals surface area contributed by atoms with Gasteiger partial charge in [0.05, 0.1) is 41.6 Å². The summed E-state index contributed by atoms with van der Waals surface area (Å²) in [7, 11) is 0. The Balaban J connectivity index is 2.10. The van der Waals surface area contributed by atoms with Crippen LogP contribution < -0.4 is 4.90 Å². The van der Waals surface area contributed by atoms with Crippen molar-refractivity contribution in [1.29, 1.82) is 5.26 Å². The number of halogens is 1. The fourth-order valence-corrected chi connectivity index (χ4v) is 2.27. The standard InChI is InChI=1S/C16H10BrN5/c17-16-6-5-14(10-21-16)22(15-8-19-11-20-9-15)13-3-1-12(7-18)2-4-13/h1-6,8-11H. The van der Waals surface area contributed by atoms with E-state index in [0.29, 0.717) is 5.56 Å². The second-order valence-electron chi connectivity index (χ2n) is 4.43. The van der Waals surface area contributed by atoms with Gasteiger partial charge < -0.3 is 4.90 Å². The van der Waals surface area contributed by atoms with E-state index in [-0.39, 0.29) is 0 Å². The summed E-state index contributed by atoms with van der Waals surface area (Å²) in [6.45, 7) is 0. The minimum atomic E-state index is 0.613. The van der Waals surface area contributed by atoms with E-state index in [1.54, 1.807) is 30.7 Å². The zero-order valence-corrected chi connectivity index (χ0v) is 13.0. The topological polar surface area (TPSA) is 65.7 Å². The first-order chi connectivity index (χ1) is 10.8. The second-order valence-corrected chi connectivity index (χ2v) is 5.24. The van der Waals surface area contributed by atoms with Crippen LogP contribution in [0.1, 0.15) is 5.56 Å². The van der Waals surface area contributed by atoms with Crippen LogP contribution in [0, 0.1) is 11.3 Å². The lowest BCUT2D eigenvalue weighted by Gasteiger charge is -2.24. The van der Waals surface area contributed by atoms with E-state index in [1.165, 1.54) is 6.33 Å². The molecule has 0 aliphatic rings. The molecule has 3 rings (SSSR count). The molecule has 5 nitrogen and oxygen atoms in total. The van der Waals surface area contributed by atoms with Gasteiger partial charge in [-0.2, -0.15) is 5.26 Å². The Kier molecular flexibility index (Phi) is 4.08. The number of anilines is 3. The van der Waals surface area contributed by atoms with Crippen LogP contribution in [0.3, 0.4) is 0 Å². The maximum Gasteiger partial charge on any atom is 0.115 e. The molecule has 2 aromatic heterocycles.